The maximum Gasteiger partial charge on any atom is 0.161 e. The summed E-state index contributed by atoms with van der Waals surface area (Å²) < 4.78 is 5.28. The third-order valence-corrected chi connectivity index (χ3v) is 4.19. The fourth-order valence-electron chi connectivity index (χ4n) is 1.40. The highest BCUT2D eigenvalue weighted by Crippen LogP contribution is 2.36. The Hall–Kier alpha value is -0.980. The van der Waals surface area contributed by atoms with E-state index in [-0.39, 0.29) is 0 Å². The molecule has 0 fully saturated rings. The van der Waals surface area contributed by atoms with E-state index >= 15 is 0 Å². The maximum atomic E-state index is 5.28. The second-order valence-corrected chi connectivity index (χ2v) is 5.47. The second-order valence-electron chi connectivity index (χ2n) is 3.50. The quantitative estimate of drug-likeness (QED) is 0.819. The zero-order valence-electron chi connectivity index (χ0n) is 9.90. The summed E-state index contributed by atoms with van der Waals surface area (Å²) in [6, 6.07) is 1.95. The van der Waals surface area contributed by atoms with Crippen LogP contribution in [-0.2, 0) is 6.54 Å². The van der Waals surface area contributed by atoms with Gasteiger partial charge in [-0.25, -0.2) is 0 Å². The van der Waals surface area contributed by atoms with Gasteiger partial charge in [0.1, 0.15) is 15.6 Å². The van der Waals surface area contributed by atoms with Crippen LogP contribution in [0.4, 0.5) is 0 Å². The lowest BCUT2D eigenvalue weighted by Crippen LogP contribution is -2.13. The van der Waals surface area contributed by atoms with E-state index in [0.717, 1.165) is 40.2 Å². The lowest BCUT2D eigenvalue weighted by Gasteiger charge is -1.97. The standard InChI is InChI=1S/C11H15N3OS2/c1-3-5-12-7-9-13-14-11(17-9)10-8(15-2)4-6-16-10/h4,6,12H,3,5,7H2,1-2H3. The molecule has 0 bridgehead atoms. The van der Waals surface area contributed by atoms with Crippen LogP contribution in [0.15, 0.2) is 11.4 Å². The third-order valence-electron chi connectivity index (χ3n) is 2.21. The van der Waals surface area contributed by atoms with Crippen LogP contribution in [0, 0.1) is 0 Å². The summed E-state index contributed by atoms with van der Waals surface area (Å²) in [5.41, 5.74) is 0. The summed E-state index contributed by atoms with van der Waals surface area (Å²) in [4.78, 5) is 1.06. The number of hydrogen-bond donors (Lipinski definition) is 1. The normalized spacial score (nSPS) is 10.7. The Morgan fingerprint density at radius 3 is 3.06 bits per heavy atom. The van der Waals surface area contributed by atoms with Gasteiger partial charge in [-0.3, -0.25) is 0 Å². The predicted octanol–water partition coefficient (Wildman–Crippen LogP) is 2.77. The molecule has 0 unspecified atom stereocenters. The van der Waals surface area contributed by atoms with Gasteiger partial charge >= 0.3 is 0 Å². The Morgan fingerprint density at radius 1 is 1.41 bits per heavy atom. The minimum absolute atomic E-state index is 0.791. The fraction of sp³-hybridized carbons (Fsp3) is 0.455. The molecule has 6 heteroatoms. The van der Waals surface area contributed by atoms with Crippen molar-refractivity contribution in [3.8, 4) is 15.6 Å². The van der Waals surface area contributed by atoms with Gasteiger partial charge in [0, 0.05) is 6.54 Å². The average Bonchev–Trinajstić information content (AvgIpc) is 2.96. The molecule has 92 valence electrons. The Morgan fingerprint density at radius 2 is 2.29 bits per heavy atom. The van der Waals surface area contributed by atoms with Gasteiger partial charge in [-0.05, 0) is 24.4 Å². The summed E-state index contributed by atoms with van der Waals surface area (Å²) in [6.07, 6.45) is 1.13. The Kier molecular flexibility index (Phi) is 4.47. The molecule has 2 aromatic rings. The SMILES string of the molecule is CCCNCc1nnc(-c2sccc2OC)s1. The van der Waals surface area contributed by atoms with E-state index in [1.54, 1.807) is 29.8 Å². The van der Waals surface area contributed by atoms with E-state index in [4.69, 9.17) is 4.74 Å². The van der Waals surface area contributed by atoms with Crippen LogP contribution in [0.1, 0.15) is 18.4 Å². The van der Waals surface area contributed by atoms with Gasteiger partial charge in [-0.15, -0.1) is 21.5 Å². The van der Waals surface area contributed by atoms with Gasteiger partial charge in [-0.2, -0.15) is 0 Å². The molecule has 0 saturated carbocycles. The summed E-state index contributed by atoms with van der Waals surface area (Å²) in [5.74, 6) is 0.874. The van der Waals surface area contributed by atoms with Crippen LogP contribution in [0.5, 0.6) is 5.75 Å². The number of hydrogen-bond acceptors (Lipinski definition) is 6. The van der Waals surface area contributed by atoms with Gasteiger partial charge in [0.15, 0.2) is 5.01 Å². The van der Waals surface area contributed by atoms with Crippen LogP contribution in [0.3, 0.4) is 0 Å². The highest BCUT2D eigenvalue weighted by molar-refractivity contribution is 7.21. The summed E-state index contributed by atoms with van der Waals surface area (Å²) in [5, 5.41) is 15.7. The molecule has 0 amide bonds. The molecule has 0 aromatic carbocycles. The molecule has 17 heavy (non-hydrogen) atoms. The van der Waals surface area contributed by atoms with Crippen molar-refractivity contribution in [2.75, 3.05) is 13.7 Å². The molecule has 2 aromatic heterocycles. The molecule has 0 aliphatic rings. The minimum Gasteiger partial charge on any atom is -0.495 e. The second kappa shape index (κ2) is 6.09. The van der Waals surface area contributed by atoms with Crippen molar-refractivity contribution in [1.29, 1.82) is 0 Å². The molecule has 0 radical (unpaired) electrons. The van der Waals surface area contributed by atoms with Gasteiger partial charge in [-0.1, -0.05) is 18.3 Å². The van der Waals surface area contributed by atoms with E-state index in [1.165, 1.54) is 0 Å². The molecule has 0 atom stereocenters. The lowest BCUT2D eigenvalue weighted by atomic mass is 10.4. The van der Waals surface area contributed by atoms with Crippen molar-refractivity contribution in [1.82, 2.24) is 15.5 Å². The molecule has 0 aliphatic carbocycles. The number of thiophene rings is 1. The van der Waals surface area contributed by atoms with Crippen LogP contribution in [0.25, 0.3) is 9.88 Å². The first-order chi connectivity index (χ1) is 8.35. The third kappa shape index (κ3) is 3.02. The van der Waals surface area contributed by atoms with Gasteiger partial charge < -0.3 is 10.1 Å². The van der Waals surface area contributed by atoms with E-state index in [9.17, 15) is 0 Å². The van der Waals surface area contributed by atoms with Crippen molar-refractivity contribution < 1.29 is 4.74 Å². The maximum absolute atomic E-state index is 5.28. The number of aromatic nitrogens is 2. The number of methoxy groups -OCH3 is 1. The Bertz CT molecular complexity index is 467. The van der Waals surface area contributed by atoms with Crippen molar-refractivity contribution in [2.24, 2.45) is 0 Å². The number of nitrogens with one attached hydrogen (secondary N) is 1. The summed E-state index contributed by atoms with van der Waals surface area (Å²) >= 11 is 3.25. The first-order valence-corrected chi connectivity index (χ1v) is 7.19. The Labute approximate surface area is 109 Å². The molecule has 0 saturated heterocycles. The average molecular weight is 269 g/mol. The van der Waals surface area contributed by atoms with Crippen LogP contribution in [0.2, 0.25) is 0 Å². The molecule has 4 nitrogen and oxygen atoms in total. The summed E-state index contributed by atoms with van der Waals surface area (Å²) in [6.45, 7) is 3.95. The molecule has 2 heterocycles. The van der Waals surface area contributed by atoms with Gasteiger partial charge in [0.05, 0.1) is 7.11 Å². The topological polar surface area (TPSA) is 47.0 Å². The van der Waals surface area contributed by atoms with Crippen molar-refractivity contribution >= 4 is 22.7 Å². The first-order valence-electron chi connectivity index (χ1n) is 5.50. The number of nitrogens with zero attached hydrogens (tertiary/aromatic N) is 2. The minimum atomic E-state index is 0.791. The molecule has 1 N–H and O–H groups in total. The molecule has 0 spiro atoms. The predicted molar refractivity (Wildman–Crippen MR) is 71.8 cm³/mol. The summed E-state index contributed by atoms with van der Waals surface area (Å²) in [7, 11) is 1.68. The number of ether oxygens (including phenoxy) is 1. The lowest BCUT2D eigenvalue weighted by molar-refractivity contribution is 0.418. The van der Waals surface area contributed by atoms with Crippen molar-refractivity contribution in [3.05, 3.63) is 16.5 Å². The van der Waals surface area contributed by atoms with Gasteiger partial charge in [0.2, 0.25) is 0 Å². The number of rotatable bonds is 6. The smallest absolute Gasteiger partial charge is 0.161 e. The first kappa shape index (κ1) is 12.5. The van der Waals surface area contributed by atoms with E-state index in [2.05, 4.69) is 22.4 Å². The van der Waals surface area contributed by atoms with E-state index < -0.39 is 0 Å². The highest BCUT2D eigenvalue weighted by Gasteiger charge is 2.12. The zero-order valence-corrected chi connectivity index (χ0v) is 11.5. The Balaban J connectivity index is 2.07. The van der Waals surface area contributed by atoms with Crippen LogP contribution >= 0.6 is 22.7 Å². The largest absolute Gasteiger partial charge is 0.495 e. The van der Waals surface area contributed by atoms with Gasteiger partial charge in [0.25, 0.3) is 0 Å². The van der Waals surface area contributed by atoms with Crippen LogP contribution < -0.4 is 10.1 Å². The van der Waals surface area contributed by atoms with E-state index in [1.807, 2.05) is 11.4 Å². The van der Waals surface area contributed by atoms with Crippen LogP contribution in [-0.4, -0.2) is 23.9 Å². The van der Waals surface area contributed by atoms with Crippen molar-refractivity contribution in [2.45, 2.75) is 19.9 Å². The zero-order chi connectivity index (χ0) is 12.1. The van der Waals surface area contributed by atoms with E-state index in [0.29, 0.717) is 0 Å². The molecule has 2 rings (SSSR count). The fourth-order valence-corrected chi connectivity index (χ4v) is 3.16. The molecular weight excluding hydrogens is 254 g/mol. The molecule has 0 aliphatic heterocycles. The molecular formula is C11H15N3OS2. The highest BCUT2D eigenvalue weighted by atomic mass is 32.1. The van der Waals surface area contributed by atoms with Crippen molar-refractivity contribution in [3.63, 3.8) is 0 Å². The monoisotopic (exact) mass is 269 g/mol.